The van der Waals surface area contributed by atoms with Gasteiger partial charge in [0.1, 0.15) is 11.6 Å². The van der Waals surface area contributed by atoms with Crippen molar-refractivity contribution in [3.63, 3.8) is 0 Å². The highest BCUT2D eigenvalue weighted by atomic mass is 15.2. The van der Waals surface area contributed by atoms with Crippen molar-refractivity contribution in [2.24, 2.45) is 11.8 Å². The molecule has 0 saturated heterocycles. The van der Waals surface area contributed by atoms with Crippen molar-refractivity contribution in [1.82, 2.24) is 28.2 Å². The molecular formula is C72H50N6. The Morgan fingerprint density at radius 3 is 1.79 bits per heavy atom. The van der Waals surface area contributed by atoms with Crippen molar-refractivity contribution in [2.45, 2.75) is 25.2 Å². The molecule has 368 valence electrons. The summed E-state index contributed by atoms with van der Waals surface area (Å²) in [5.74, 6) is 2.50. The Morgan fingerprint density at radius 1 is 0.436 bits per heavy atom. The van der Waals surface area contributed by atoms with Crippen molar-refractivity contribution < 1.29 is 0 Å². The largest absolute Gasteiger partial charge is 0.309 e. The van der Waals surface area contributed by atoms with Crippen LogP contribution in [0.1, 0.15) is 41.4 Å². The van der Waals surface area contributed by atoms with E-state index in [0.29, 0.717) is 5.92 Å². The lowest BCUT2D eigenvalue weighted by molar-refractivity contribution is 0.662. The molecule has 6 nitrogen and oxygen atoms in total. The molecule has 13 aromatic rings. The fourth-order valence-electron chi connectivity index (χ4n) is 13.7. The van der Waals surface area contributed by atoms with E-state index < -0.39 is 0 Å². The van der Waals surface area contributed by atoms with Gasteiger partial charge in [-0.1, -0.05) is 188 Å². The van der Waals surface area contributed by atoms with Crippen molar-refractivity contribution in [3.05, 3.63) is 264 Å². The number of nitrogens with zero attached hydrogens (tertiary/aromatic N) is 6. The van der Waals surface area contributed by atoms with Gasteiger partial charge in [0, 0.05) is 78.8 Å². The van der Waals surface area contributed by atoms with Crippen LogP contribution in [0.5, 0.6) is 0 Å². The Balaban J connectivity index is 0.959. The van der Waals surface area contributed by atoms with Gasteiger partial charge >= 0.3 is 0 Å². The summed E-state index contributed by atoms with van der Waals surface area (Å²) in [6, 6.07) is 67.2. The first-order valence-corrected chi connectivity index (χ1v) is 27.5. The number of para-hydroxylation sites is 5. The van der Waals surface area contributed by atoms with Crippen molar-refractivity contribution >= 4 is 100 Å². The highest BCUT2D eigenvalue weighted by Gasteiger charge is 2.27. The van der Waals surface area contributed by atoms with Gasteiger partial charge in [-0.05, 0) is 83.8 Å². The molecule has 0 saturated carbocycles. The quantitative estimate of drug-likeness (QED) is 0.167. The maximum atomic E-state index is 5.76. The summed E-state index contributed by atoms with van der Waals surface area (Å²) in [5, 5.41) is 11.0. The number of fused-ring (bicyclic) bond motifs is 15. The van der Waals surface area contributed by atoms with Gasteiger partial charge in [-0.2, -0.15) is 0 Å². The van der Waals surface area contributed by atoms with Gasteiger partial charge < -0.3 is 9.13 Å². The van der Waals surface area contributed by atoms with Crippen LogP contribution in [0.2, 0.25) is 0 Å². The van der Waals surface area contributed by atoms with E-state index in [1.165, 1.54) is 64.9 Å². The van der Waals surface area contributed by atoms with Gasteiger partial charge in [-0.3, -0.25) is 14.1 Å². The monoisotopic (exact) mass is 998 g/mol. The highest BCUT2D eigenvalue weighted by Crippen LogP contribution is 2.45. The summed E-state index contributed by atoms with van der Waals surface area (Å²) in [7, 11) is 0. The minimum atomic E-state index is 0.107. The average Bonchev–Trinajstić information content (AvgIpc) is 4.32. The molecule has 0 bridgehead atoms. The molecule has 0 fully saturated rings. The van der Waals surface area contributed by atoms with Gasteiger partial charge in [0.25, 0.3) is 0 Å². The fourth-order valence-corrected chi connectivity index (χ4v) is 13.7. The average molecular weight is 999 g/mol. The van der Waals surface area contributed by atoms with Crippen molar-refractivity contribution in [3.8, 4) is 23.0 Å². The Bertz CT molecular complexity index is 4990. The molecule has 0 radical (unpaired) electrons. The van der Waals surface area contributed by atoms with E-state index in [1.54, 1.807) is 0 Å². The lowest BCUT2D eigenvalue weighted by atomic mass is 9.82. The zero-order chi connectivity index (χ0) is 51.0. The van der Waals surface area contributed by atoms with Gasteiger partial charge in [-0.15, -0.1) is 0 Å². The molecule has 7 aromatic carbocycles. The van der Waals surface area contributed by atoms with E-state index in [0.717, 1.165) is 92.3 Å². The summed E-state index contributed by atoms with van der Waals surface area (Å²) >= 11 is 0. The molecule has 0 spiro atoms. The van der Waals surface area contributed by atoms with Gasteiger partial charge in [0.05, 0.1) is 61.4 Å². The maximum Gasteiger partial charge on any atom is 0.142 e. The molecule has 3 atom stereocenters. The predicted octanol–water partition coefficient (Wildman–Crippen LogP) is 15.7. The van der Waals surface area contributed by atoms with E-state index in [-0.39, 0.29) is 11.8 Å². The van der Waals surface area contributed by atoms with Crippen molar-refractivity contribution in [2.75, 3.05) is 0 Å². The van der Waals surface area contributed by atoms with Crippen LogP contribution in [0.3, 0.4) is 0 Å². The number of pyridine rings is 2. The Labute approximate surface area is 449 Å². The molecule has 17 rings (SSSR count). The molecule has 0 N–H and O–H groups in total. The zero-order valence-electron chi connectivity index (χ0n) is 42.7. The molecule has 6 heterocycles. The molecule has 3 unspecified atom stereocenters. The second-order valence-corrected chi connectivity index (χ2v) is 21.5. The Kier molecular flexibility index (Phi) is 9.39. The Morgan fingerprint density at radius 2 is 1.04 bits per heavy atom. The van der Waals surface area contributed by atoms with Crippen LogP contribution < -0.4 is 10.4 Å². The molecule has 6 heteroatoms. The van der Waals surface area contributed by atoms with Crippen LogP contribution in [0.25, 0.3) is 123 Å². The third-order valence-electron chi connectivity index (χ3n) is 17.2. The summed E-state index contributed by atoms with van der Waals surface area (Å²) in [5.41, 5.74) is 16.0. The summed E-state index contributed by atoms with van der Waals surface area (Å²) < 4.78 is 9.86. The number of rotatable bonds is 6. The van der Waals surface area contributed by atoms with E-state index in [1.807, 2.05) is 0 Å². The number of aromatic nitrogens is 6. The molecule has 4 aliphatic rings. The minimum absolute atomic E-state index is 0.107. The number of allylic oxidation sites excluding steroid dienone is 9. The minimum Gasteiger partial charge on any atom is -0.309 e. The van der Waals surface area contributed by atoms with E-state index in [4.69, 9.17) is 9.97 Å². The maximum absolute atomic E-state index is 5.76. The molecule has 6 aromatic heterocycles. The topological polar surface area (TPSA) is 45.5 Å². The van der Waals surface area contributed by atoms with Gasteiger partial charge in [0.15, 0.2) is 0 Å². The van der Waals surface area contributed by atoms with E-state index in [9.17, 15) is 0 Å². The smallest absolute Gasteiger partial charge is 0.142 e. The first-order valence-electron chi connectivity index (χ1n) is 27.5. The summed E-state index contributed by atoms with van der Waals surface area (Å²) in [6.07, 6.45) is 28.3. The molecule has 0 amide bonds. The first kappa shape index (κ1) is 43.5. The van der Waals surface area contributed by atoms with E-state index in [2.05, 4.69) is 267 Å². The lowest BCUT2D eigenvalue weighted by Crippen LogP contribution is -2.28. The van der Waals surface area contributed by atoms with Crippen LogP contribution in [-0.2, 0) is 6.42 Å². The second-order valence-electron chi connectivity index (χ2n) is 21.5. The zero-order valence-corrected chi connectivity index (χ0v) is 42.7. The number of hydrogen-bond acceptors (Lipinski definition) is 2. The fraction of sp³-hybridized carbons (Fsp3) is 0.0833. The molecule has 0 aliphatic heterocycles. The van der Waals surface area contributed by atoms with Crippen LogP contribution in [-0.4, -0.2) is 28.2 Å². The predicted molar refractivity (Wildman–Crippen MR) is 324 cm³/mol. The first-order chi connectivity index (χ1) is 38.7. The highest BCUT2D eigenvalue weighted by molar-refractivity contribution is 6.26. The van der Waals surface area contributed by atoms with Crippen LogP contribution >= 0.6 is 0 Å². The van der Waals surface area contributed by atoms with Crippen LogP contribution in [0.4, 0.5) is 0 Å². The lowest BCUT2D eigenvalue weighted by Gasteiger charge is -2.24. The molecule has 78 heavy (non-hydrogen) atoms. The number of hydrogen-bond donors (Lipinski definition) is 0. The van der Waals surface area contributed by atoms with Gasteiger partial charge in [-0.25, -0.2) is 4.98 Å². The second kappa shape index (κ2) is 16.9. The normalized spacial score (nSPS) is 17.5. The summed E-state index contributed by atoms with van der Waals surface area (Å²) in [4.78, 5) is 11.4. The Hall–Kier alpha value is -9.78. The molecular weight excluding hydrogens is 949 g/mol. The van der Waals surface area contributed by atoms with Crippen LogP contribution in [0, 0.1) is 11.8 Å². The number of benzene rings is 7. The third kappa shape index (κ3) is 6.43. The SMILES string of the molecule is C1=CC2C=CC(c3cc(-n4c5ccccc5c5ccc6c(c7ccccc7n6-c6cc(-n7c8c(c9ccccc97)C=CCC8)nc(-n7c8ccccc8c8ccccc87)c6)c54)cc(C4C=c5ccccc5=CC4)n3)=CC2C=C1. The molecule has 4 aliphatic carbocycles. The van der Waals surface area contributed by atoms with E-state index >= 15 is 0 Å². The summed E-state index contributed by atoms with van der Waals surface area (Å²) in [6.45, 7) is 0. The third-order valence-corrected chi connectivity index (χ3v) is 17.2. The standard InChI is InChI=1S/C72H50N6/c1-3-19-47-39-49(35-33-45(47)17-1)60-41-51(42-61(73-60)50-36-34-46-18-2-4-20-48(46)40-50)76-62-27-11-9-25-57(62)58-37-38-68-71(72(58)76)59-26-10-16-32-67(59)75(68)52-43-69(77-63-28-12-5-21-53(63)54-22-6-13-29-64(54)77)74-70(44-52)78-65-30-14-7-23-55(65)56-24-8-15-31-66(56)78/h1-14,16-30,32-35,37-45,47,50H,15,31,36H2. The van der Waals surface area contributed by atoms with Crippen molar-refractivity contribution in [1.29, 1.82) is 0 Å². The van der Waals surface area contributed by atoms with Crippen LogP contribution in [0.15, 0.2) is 231 Å². The van der Waals surface area contributed by atoms with Gasteiger partial charge in [0.2, 0.25) is 0 Å².